The second-order valence-corrected chi connectivity index (χ2v) is 8.60. The van der Waals surface area contributed by atoms with Gasteiger partial charge >= 0.3 is 0 Å². The number of amides is 1. The number of imidazole rings is 1. The lowest BCUT2D eigenvalue weighted by Gasteiger charge is -2.21. The van der Waals surface area contributed by atoms with Crippen LogP contribution in [-0.4, -0.2) is 47.4 Å². The van der Waals surface area contributed by atoms with Crippen molar-refractivity contribution in [1.29, 1.82) is 0 Å². The first-order chi connectivity index (χ1) is 12.9. The van der Waals surface area contributed by atoms with Crippen molar-refractivity contribution in [2.45, 2.75) is 18.9 Å². The minimum absolute atomic E-state index is 0.318. The standard InChI is InChI=1S/C19H20N4O3S/c1-27(25,26)23-12-6-11-17(23)19(24)22-14-8-3-2-7-13(14)18-20-15-9-4-5-10-16(15)21-18/h2-5,7-10,17H,6,11-12H2,1H3,(H,20,21)(H,22,24). The molecule has 0 spiro atoms. The van der Waals surface area contributed by atoms with E-state index in [0.29, 0.717) is 30.9 Å². The van der Waals surface area contributed by atoms with Gasteiger partial charge in [-0.1, -0.05) is 24.3 Å². The average molecular weight is 384 g/mol. The maximum absolute atomic E-state index is 12.8. The molecule has 1 fully saturated rings. The molecule has 0 saturated carbocycles. The van der Waals surface area contributed by atoms with Crippen molar-refractivity contribution >= 4 is 32.7 Å². The highest BCUT2D eigenvalue weighted by Crippen LogP contribution is 2.29. The Morgan fingerprint density at radius 2 is 1.93 bits per heavy atom. The fraction of sp³-hybridized carbons (Fsp3) is 0.263. The Labute approximate surface area is 157 Å². The molecule has 140 valence electrons. The van der Waals surface area contributed by atoms with Gasteiger partial charge in [0.2, 0.25) is 15.9 Å². The topological polar surface area (TPSA) is 95.2 Å². The van der Waals surface area contributed by atoms with Crippen molar-refractivity contribution in [2.75, 3.05) is 18.1 Å². The predicted molar refractivity (Wildman–Crippen MR) is 105 cm³/mol. The highest BCUT2D eigenvalue weighted by Gasteiger charge is 2.36. The number of nitrogens with zero attached hydrogens (tertiary/aromatic N) is 2. The number of fused-ring (bicyclic) bond motifs is 1. The molecule has 8 heteroatoms. The number of benzene rings is 2. The zero-order chi connectivity index (χ0) is 19.0. The van der Waals surface area contributed by atoms with Crippen LogP contribution in [0.1, 0.15) is 12.8 Å². The molecule has 2 aromatic carbocycles. The van der Waals surface area contributed by atoms with Crippen LogP contribution in [0.4, 0.5) is 5.69 Å². The van der Waals surface area contributed by atoms with Crippen molar-refractivity contribution < 1.29 is 13.2 Å². The quantitative estimate of drug-likeness (QED) is 0.723. The lowest BCUT2D eigenvalue weighted by molar-refractivity contribution is -0.119. The number of sulfonamides is 1. The summed E-state index contributed by atoms with van der Waals surface area (Å²) in [6.07, 6.45) is 2.34. The summed E-state index contributed by atoms with van der Waals surface area (Å²) in [5.41, 5.74) is 3.10. The van der Waals surface area contributed by atoms with E-state index >= 15 is 0 Å². The third kappa shape index (κ3) is 3.45. The number of carbonyl (C=O) groups is 1. The molecule has 1 unspecified atom stereocenters. The fourth-order valence-electron chi connectivity index (χ4n) is 3.49. The van der Waals surface area contributed by atoms with Gasteiger partial charge in [-0.3, -0.25) is 4.79 Å². The number of H-pyrrole nitrogens is 1. The Balaban J connectivity index is 1.64. The van der Waals surface area contributed by atoms with Gasteiger partial charge in [0.15, 0.2) is 0 Å². The first-order valence-electron chi connectivity index (χ1n) is 8.75. The molecule has 0 bridgehead atoms. The zero-order valence-electron chi connectivity index (χ0n) is 14.8. The van der Waals surface area contributed by atoms with Crippen LogP contribution in [0.15, 0.2) is 48.5 Å². The molecule has 3 aromatic rings. The summed E-state index contributed by atoms with van der Waals surface area (Å²) in [6.45, 7) is 0.377. The van der Waals surface area contributed by atoms with E-state index in [1.165, 1.54) is 4.31 Å². The molecule has 27 heavy (non-hydrogen) atoms. The Bertz CT molecular complexity index is 1070. The Morgan fingerprint density at radius 1 is 1.19 bits per heavy atom. The molecule has 1 saturated heterocycles. The first-order valence-corrected chi connectivity index (χ1v) is 10.6. The van der Waals surface area contributed by atoms with E-state index in [1.54, 1.807) is 6.07 Å². The second kappa shape index (κ2) is 6.79. The van der Waals surface area contributed by atoms with E-state index in [-0.39, 0.29) is 5.91 Å². The number of nitrogens with one attached hydrogen (secondary N) is 2. The van der Waals surface area contributed by atoms with Crippen LogP contribution in [-0.2, 0) is 14.8 Å². The summed E-state index contributed by atoms with van der Waals surface area (Å²) in [5.74, 6) is 0.333. The molecule has 1 amide bonds. The van der Waals surface area contributed by atoms with Crippen molar-refractivity contribution in [2.24, 2.45) is 0 Å². The minimum Gasteiger partial charge on any atom is -0.338 e. The van der Waals surface area contributed by atoms with E-state index in [1.807, 2.05) is 42.5 Å². The lowest BCUT2D eigenvalue weighted by Crippen LogP contribution is -2.42. The van der Waals surface area contributed by atoms with Crippen LogP contribution >= 0.6 is 0 Å². The molecule has 1 aromatic heterocycles. The number of carbonyl (C=O) groups excluding carboxylic acids is 1. The fourth-order valence-corrected chi connectivity index (χ4v) is 4.62. The molecule has 2 heterocycles. The Kier molecular flexibility index (Phi) is 4.45. The summed E-state index contributed by atoms with van der Waals surface area (Å²) < 4.78 is 25.1. The molecule has 2 N–H and O–H groups in total. The first kappa shape index (κ1) is 17.7. The molecule has 0 aliphatic carbocycles. The van der Waals surface area contributed by atoms with Gasteiger partial charge in [0.25, 0.3) is 0 Å². The zero-order valence-corrected chi connectivity index (χ0v) is 15.7. The molecular formula is C19H20N4O3S. The second-order valence-electron chi connectivity index (χ2n) is 6.67. The largest absolute Gasteiger partial charge is 0.338 e. The summed E-state index contributed by atoms with van der Waals surface area (Å²) in [7, 11) is -3.41. The number of para-hydroxylation sites is 3. The van der Waals surface area contributed by atoms with Crippen molar-refractivity contribution in [3.8, 4) is 11.4 Å². The van der Waals surface area contributed by atoms with Gasteiger partial charge in [0.05, 0.1) is 23.0 Å². The van der Waals surface area contributed by atoms with Crippen LogP contribution in [0.5, 0.6) is 0 Å². The van der Waals surface area contributed by atoms with Gasteiger partial charge in [0, 0.05) is 12.1 Å². The van der Waals surface area contributed by atoms with Crippen molar-refractivity contribution in [3.05, 3.63) is 48.5 Å². The van der Waals surface area contributed by atoms with Gasteiger partial charge in [-0.05, 0) is 37.1 Å². The predicted octanol–water partition coefficient (Wildman–Crippen LogP) is 2.59. The van der Waals surface area contributed by atoms with Crippen LogP contribution in [0, 0.1) is 0 Å². The van der Waals surface area contributed by atoms with E-state index in [4.69, 9.17) is 0 Å². The third-order valence-electron chi connectivity index (χ3n) is 4.76. The Morgan fingerprint density at radius 3 is 2.70 bits per heavy atom. The smallest absolute Gasteiger partial charge is 0.242 e. The molecule has 1 aliphatic rings. The number of hydrogen-bond donors (Lipinski definition) is 2. The van der Waals surface area contributed by atoms with E-state index in [2.05, 4.69) is 15.3 Å². The van der Waals surface area contributed by atoms with Gasteiger partial charge in [-0.2, -0.15) is 4.31 Å². The maximum Gasteiger partial charge on any atom is 0.242 e. The van der Waals surface area contributed by atoms with Gasteiger partial charge in [0.1, 0.15) is 11.9 Å². The lowest BCUT2D eigenvalue weighted by atomic mass is 10.1. The minimum atomic E-state index is -3.41. The molecule has 1 atom stereocenters. The summed E-state index contributed by atoms with van der Waals surface area (Å²) in [6, 6.07) is 14.4. The summed E-state index contributed by atoms with van der Waals surface area (Å²) in [5, 5.41) is 2.89. The molecular weight excluding hydrogens is 364 g/mol. The maximum atomic E-state index is 12.8. The van der Waals surface area contributed by atoms with Gasteiger partial charge < -0.3 is 10.3 Å². The summed E-state index contributed by atoms with van der Waals surface area (Å²) >= 11 is 0. The highest BCUT2D eigenvalue weighted by atomic mass is 32.2. The number of aromatic nitrogens is 2. The van der Waals surface area contributed by atoms with Gasteiger partial charge in [-0.15, -0.1) is 0 Å². The number of hydrogen-bond acceptors (Lipinski definition) is 4. The van der Waals surface area contributed by atoms with E-state index in [9.17, 15) is 13.2 Å². The average Bonchev–Trinajstić information content (AvgIpc) is 3.29. The van der Waals surface area contributed by atoms with Crippen molar-refractivity contribution in [1.82, 2.24) is 14.3 Å². The van der Waals surface area contributed by atoms with E-state index in [0.717, 1.165) is 22.9 Å². The van der Waals surface area contributed by atoms with Crippen LogP contribution < -0.4 is 5.32 Å². The monoisotopic (exact) mass is 384 g/mol. The number of aromatic amines is 1. The van der Waals surface area contributed by atoms with Crippen LogP contribution in [0.25, 0.3) is 22.4 Å². The van der Waals surface area contributed by atoms with Crippen molar-refractivity contribution in [3.63, 3.8) is 0 Å². The third-order valence-corrected chi connectivity index (χ3v) is 6.05. The SMILES string of the molecule is CS(=O)(=O)N1CCCC1C(=O)Nc1ccccc1-c1nc2ccccc2[nH]1. The number of anilines is 1. The Hall–Kier alpha value is -2.71. The van der Waals surface area contributed by atoms with E-state index < -0.39 is 16.1 Å². The summed E-state index contributed by atoms with van der Waals surface area (Å²) in [4.78, 5) is 20.6. The molecule has 1 aliphatic heterocycles. The van der Waals surface area contributed by atoms with Crippen LogP contribution in [0.2, 0.25) is 0 Å². The normalized spacial score (nSPS) is 18.0. The van der Waals surface area contributed by atoms with Gasteiger partial charge in [-0.25, -0.2) is 13.4 Å². The molecule has 4 rings (SSSR count). The molecule has 0 radical (unpaired) electrons. The molecule has 7 nitrogen and oxygen atoms in total. The highest BCUT2D eigenvalue weighted by molar-refractivity contribution is 7.88. The number of rotatable bonds is 4. The van der Waals surface area contributed by atoms with Crippen LogP contribution in [0.3, 0.4) is 0 Å².